The fourth-order valence-electron chi connectivity index (χ4n) is 1.18. The summed E-state index contributed by atoms with van der Waals surface area (Å²) < 4.78 is 9.86. The predicted molar refractivity (Wildman–Crippen MR) is 58.0 cm³/mol. The summed E-state index contributed by atoms with van der Waals surface area (Å²) in [5.41, 5.74) is 1.65. The molecule has 0 bridgehead atoms. The molecule has 1 aromatic carbocycles. The van der Waals surface area contributed by atoms with E-state index >= 15 is 0 Å². The van der Waals surface area contributed by atoms with Crippen molar-refractivity contribution in [2.24, 2.45) is 0 Å². The van der Waals surface area contributed by atoms with Crippen LogP contribution in [0.3, 0.4) is 0 Å². The van der Waals surface area contributed by atoms with Gasteiger partial charge >= 0.3 is 11.9 Å². The van der Waals surface area contributed by atoms with Gasteiger partial charge < -0.3 is 9.47 Å². The number of benzene rings is 1. The summed E-state index contributed by atoms with van der Waals surface area (Å²) in [6, 6.07) is 5.34. The molecule has 0 aliphatic rings. The average molecular weight is 222 g/mol. The van der Waals surface area contributed by atoms with Crippen LogP contribution in [-0.2, 0) is 20.9 Å². The second-order valence-electron chi connectivity index (χ2n) is 3.47. The van der Waals surface area contributed by atoms with Crippen molar-refractivity contribution in [3.63, 3.8) is 0 Å². The topological polar surface area (TPSA) is 52.6 Å². The Labute approximate surface area is 94.2 Å². The van der Waals surface area contributed by atoms with Gasteiger partial charge in [-0.05, 0) is 24.1 Å². The quantitative estimate of drug-likeness (QED) is 0.579. The molecule has 1 rings (SSSR count). The summed E-state index contributed by atoms with van der Waals surface area (Å²) in [5, 5.41) is 0. The van der Waals surface area contributed by atoms with Crippen LogP contribution in [0.4, 0.5) is 0 Å². The van der Waals surface area contributed by atoms with Gasteiger partial charge in [0.1, 0.15) is 12.4 Å². The zero-order chi connectivity index (χ0) is 12.1. The van der Waals surface area contributed by atoms with Crippen molar-refractivity contribution in [3.8, 4) is 5.75 Å². The van der Waals surface area contributed by atoms with Crippen LogP contribution in [0.15, 0.2) is 18.2 Å². The number of hydrogen-bond donors (Lipinski definition) is 0. The molecule has 0 unspecified atom stereocenters. The largest absolute Gasteiger partial charge is 0.461 e. The Bertz CT molecular complexity index is 409. The second kappa shape index (κ2) is 5.30. The molecule has 0 saturated heterocycles. The van der Waals surface area contributed by atoms with Crippen LogP contribution in [0.2, 0.25) is 0 Å². The molecule has 0 amide bonds. The Hall–Kier alpha value is -1.84. The van der Waals surface area contributed by atoms with Crippen molar-refractivity contribution in [3.05, 3.63) is 29.3 Å². The van der Waals surface area contributed by atoms with E-state index in [1.54, 1.807) is 6.07 Å². The van der Waals surface area contributed by atoms with Crippen LogP contribution in [0, 0.1) is 6.92 Å². The molecule has 0 fully saturated rings. The molecule has 0 atom stereocenters. The van der Waals surface area contributed by atoms with E-state index in [0.29, 0.717) is 5.75 Å². The molecule has 0 aliphatic carbocycles. The molecule has 0 N–H and O–H groups in total. The van der Waals surface area contributed by atoms with Crippen LogP contribution in [0.5, 0.6) is 5.75 Å². The first-order chi connectivity index (χ1) is 7.49. The Balaban J connectivity index is 2.80. The third-order valence-corrected chi connectivity index (χ3v) is 1.95. The molecule has 0 radical (unpaired) electrons. The Morgan fingerprint density at radius 3 is 2.44 bits per heavy atom. The number of carbonyl (C=O) groups excluding carboxylic acids is 2. The highest BCUT2D eigenvalue weighted by molar-refractivity contribution is 5.70. The highest BCUT2D eigenvalue weighted by atomic mass is 16.5. The lowest BCUT2D eigenvalue weighted by atomic mass is 10.1. The van der Waals surface area contributed by atoms with Crippen molar-refractivity contribution >= 4 is 11.9 Å². The molecule has 0 spiro atoms. The molecular formula is C12H14O4. The van der Waals surface area contributed by atoms with E-state index in [1.165, 1.54) is 13.8 Å². The van der Waals surface area contributed by atoms with E-state index in [1.807, 2.05) is 19.1 Å². The zero-order valence-electron chi connectivity index (χ0n) is 9.57. The number of ether oxygens (including phenoxy) is 2. The number of esters is 2. The standard InChI is InChI=1S/C12H14O4/c1-8-4-5-11(7-15-9(2)13)6-12(8)16-10(3)14/h4-6H,7H2,1-3H3. The minimum absolute atomic E-state index is 0.184. The summed E-state index contributed by atoms with van der Waals surface area (Å²) in [6.07, 6.45) is 0. The molecule has 0 aliphatic heterocycles. The minimum Gasteiger partial charge on any atom is -0.461 e. The molecule has 4 heteroatoms. The van der Waals surface area contributed by atoms with Gasteiger partial charge in [-0.2, -0.15) is 0 Å². The van der Waals surface area contributed by atoms with E-state index in [4.69, 9.17) is 9.47 Å². The maximum absolute atomic E-state index is 10.8. The highest BCUT2D eigenvalue weighted by Gasteiger charge is 2.05. The molecule has 0 heterocycles. The van der Waals surface area contributed by atoms with Gasteiger partial charge in [0.05, 0.1) is 0 Å². The first kappa shape index (κ1) is 12.2. The van der Waals surface area contributed by atoms with Gasteiger partial charge in [-0.15, -0.1) is 0 Å². The number of rotatable bonds is 3. The second-order valence-corrected chi connectivity index (χ2v) is 3.47. The van der Waals surface area contributed by atoms with Crippen molar-refractivity contribution in [1.29, 1.82) is 0 Å². The Morgan fingerprint density at radius 1 is 1.19 bits per heavy atom. The molecule has 4 nitrogen and oxygen atoms in total. The van der Waals surface area contributed by atoms with E-state index in [-0.39, 0.29) is 18.5 Å². The molecule has 16 heavy (non-hydrogen) atoms. The van der Waals surface area contributed by atoms with Crippen LogP contribution >= 0.6 is 0 Å². The fraction of sp³-hybridized carbons (Fsp3) is 0.333. The molecule has 86 valence electrons. The van der Waals surface area contributed by atoms with Gasteiger partial charge in [0, 0.05) is 13.8 Å². The third-order valence-electron chi connectivity index (χ3n) is 1.95. The molecule has 0 aromatic heterocycles. The van der Waals surface area contributed by atoms with Crippen LogP contribution in [-0.4, -0.2) is 11.9 Å². The monoisotopic (exact) mass is 222 g/mol. The number of carbonyl (C=O) groups is 2. The van der Waals surface area contributed by atoms with Gasteiger partial charge in [0.2, 0.25) is 0 Å². The van der Waals surface area contributed by atoms with Gasteiger partial charge in [-0.25, -0.2) is 0 Å². The molecule has 0 saturated carbocycles. The van der Waals surface area contributed by atoms with E-state index in [9.17, 15) is 9.59 Å². The normalized spacial score (nSPS) is 9.69. The van der Waals surface area contributed by atoms with E-state index < -0.39 is 0 Å². The molecular weight excluding hydrogens is 208 g/mol. The van der Waals surface area contributed by atoms with Crippen LogP contribution in [0.25, 0.3) is 0 Å². The lowest BCUT2D eigenvalue weighted by molar-refractivity contribution is -0.142. The maximum atomic E-state index is 10.8. The van der Waals surface area contributed by atoms with E-state index in [2.05, 4.69) is 0 Å². The summed E-state index contributed by atoms with van der Waals surface area (Å²) in [7, 11) is 0. The van der Waals surface area contributed by atoms with Crippen molar-refractivity contribution in [1.82, 2.24) is 0 Å². The molecule has 1 aromatic rings. The lowest BCUT2D eigenvalue weighted by Crippen LogP contribution is -2.04. The summed E-state index contributed by atoms with van der Waals surface area (Å²) >= 11 is 0. The summed E-state index contributed by atoms with van der Waals surface area (Å²) in [6.45, 7) is 4.72. The first-order valence-electron chi connectivity index (χ1n) is 4.90. The van der Waals surface area contributed by atoms with Crippen molar-refractivity contribution in [2.45, 2.75) is 27.4 Å². The van der Waals surface area contributed by atoms with Crippen molar-refractivity contribution < 1.29 is 19.1 Å². The van der Waals surface area contributed by atoms with E-state index in [0.717, 1.165) is 11.1 Å². The number of aryl methyl sites for hydroxylation is 1. The zero-order valence-corrected chi connectivity index (χ0v) is 9.57. The summed E-state index contributed by atoms with van der Waals surface area (Å²) in [5.74, 6) is -0.209. The fourth-order valence-corrected chi connectivity index (χ4v) is 1.18. The lowest BCUT2D eigenvalue weighted by Gasteiger charge is -2.08. The Morgan fingerprint density at radius 2 is 1.88 bits per heavy atom. The Kier molecular flexibility index (Phi) is 4.05. The third kappa shape index (κ3) is 3.73. The van der Waals surface area contributed by atoms with Gasteiger partial charge in [-0.3, -0.25) is 9.59 Å². The van der Waals surface area contributed by atoms with Gasteiger partial charge in [0.25, 0.3) is 0 Å². The number of hydrogen-bond acceptors (Lipinski definition) is 4. The maximum Gasteiger partial charge on any atom is 0.308 e. The van der Waals surface area contributed by atoms with Gasteiger partial charge in [-0.1, -0.05) is 12.1 Å². The smallest absolute Gasteiger partial charge is 0.308 e. The van der Waals surface area contributed by atoms with Crippen molar-refractivity contribution in [2.75, 3.05) is 0 Å². The van der Waals surface area contributed by atoms with Crippen LogP contribution < -0.4 is 4.74 Å². The van der Waals surface area contributed by atoms with Gasteiger partial charge in [0.15, 0.2) is 0 Å². The summed E-state index contributed by atoms with van der Waals surface area (Å²) in [4.78, 5) is 21.5. The predicted octanol–water partition coefficient (Wildman–Crippen LogP) is 1.98. The average Bonchev–Trinajstić information content (AvgIpc) is 2.18. The van der Waals surface area contributed by atoms with Crippen LogP contribution in [0.1, 0.15) is 25.0 Å². The minimum atomic E-state index is -0.368. The SMILES string of the molecule is CC(=O)OCc1ccc(C)c(OC(C)=O)c1. The highest BCUT2D eigenvalue weighted by Crippen LogP contribution is 2.20. The first-order valence-corrected chi connectivity index (χ1v) is 4.90.